The zero-order valence-corrected chi connectivity index (χ0v) is 10.4. The second kappa shape index (κ2) is 4.47. The van der Waals surface area contributed by atoms with Crippen molar-refractivity contribution >= 4 is 11.6 Å². The van der Waals surface area contributed by atoms with Crippen molar-refractivity contribution in [3.8, 4) is 5.69 Å². The SMILES string of the molecule is Cc1nn(-c2c(F)cccc2C(C)N)cc1Cl. The Balaban J connectivity index is 2.65. The van der Waals surface area contributed by atoms with Crippen LogP contribution in [0.15, 0.2) is 24.4 Å². The summed E-state index contributed by atoms with van der Waals surface area (Å²) in [5.74, 6) is -0.362. The molecule has 1 aromatic carbocycles. The number of hydrogen-bond acceptors (Lipinski definition) is 2. The fraction of sp³-hybridized carbons (Fsp3) is 0.250. The number of aromatic nitrogens is 2. The Labute approximate surface area is 104 Å². The third-order valence-corrected chi connectivity index (χ3v) is 2.95. The maximum absolute atomic E-state index is 13.9. The molecule has 17 heavy (non-hydrogen) atoms. The minimum absolute atomic E-state index is 0.274. The predicted octanol–water partition coefficient (Wildman–Crippen LogP) is 2.99. The van der Waals surface area contributed by atoms with E-state index in [4.69, 9.17) is 17.3 Å². The van der Waals surface area contributed by atoms with Crippen molar-refractivity contribution in [3.05, 3.63) is 46.5 Å². The zero-order chi connectivity index (χ0) is 12.6. The van der Waals surface area contributed by atoms with Crippen molar-refractivity contribution in [1.82, 2.24) is 9.78 Å². The highest BCUT2D eigenvalue weighted by atomic mass is 35.5. The van der Waals surface area contributed by atoms with Crippen molar-refractivity contribution in [2.45, 2.75) is 19.9 Å². The average molecular weight is 254 g/mol. The second-order valence-electron chi connectivity index (χ2n) is 3.97. The Bertz CT molecular complexity index is 529. The summed E-state index contributed by atoms with van der Waals surface area (Å²) in [6.07, 6.45) is 1.58. The van der Waals surface area contributed by atoms with Crippen molar-refractivity contribution in [2.24, 2.45) is 5.73 Å². The Morgan fingerprint density at radius 3 is 2.71 bits per heavy atom. The summed E-state index contributed by atoms with van der Waals surface area (Å²) in [4.78, 5) is 0. The Kier molecular flexibility index (Phi) is 3.17. The molecule has 2 rings (SSSR count). The van der Waals surface area contributed by atoms with Gasteiger partial charge in [-0.3, -0.25) is 0 Å². The van der Waals surface area contributed by atoms with Gasteiger partial charge in [0, 0.05) is 12.2 Å². The van der Waals surface area contributed by atoms with Crippen LogP contribution in [-0.4, -0.2) is 9.78 Å². The van der Waals surface area contributed by atoms with Gasteiger partial charge in [-0.25, -0.2) is 9.07 Å². The minimum Gasteiger partial charge on any atom is -0.324 e. The lowest BCUT2D eigenvalue weighted by Gasteiger charge is -2.13. The normalized spacial score (nSPS) is 12.8. The van der Waals surface area contributed by atoms with Gasteiger partial charge >= 0.3 is 0 Å². The molecule has 90 valence electrons. The number of nitrogens with zero attached hydrogens (tertiary/aromatic N) is 2. The van der Waals surface area contributed by atoms with Crippen molar-refractivity contribution in [2.75, 3.05) is 0 Å². The molecule has 1 heterocycles. The first kappa shape index (κ1) is 12.1. The lowest BCUT2D eigenvalue weighted by Crippen LogP contribution is -2.12. The van der Waals surface area contributed by atoms with Crippen molar-refractivity contribution < 1.29 is 4.39 Å². The Morgan fingerprint density at radius 1 is 1.47 bits per heavy atom. The van der Waals surface area contributed by atoms with E-state index in [0.717, 1.165) is 0 Å². The molecule has 0 radical (unpaired) electrons. The topological polar surface area (TPSA) is 43.8 Å². The Hall–Kier alpha value is -1.39. The summed E-state index contributed by atoms with van der Waals surface area (Å²) >= 11 is 5.93. The monoisotopic (exact) mass is 253 g/mol. The first-order valence-electron chi connectivity index (χ1n) is 5.27. The molecule has 0 bridgehead atoms. The van der Waals surface area contributed by atoms with Crippen LogP contribution >= 0.6 is 11.6 Å². The van der Waals surface area contributed by atoms with Crippen LogP contribution in [0.2, 0.25) is 5.02 Å². The van der Waals surface area contributed by atoms with Crippen LogP contribution in [0.25, 0.3) is 5.69 Å². The highest BCUT2D eigenvalue weighted by Gasteiger charge is 2.15. The predicted molar refractivity (Wildman–Crippen MR) is 65.9 cm³/mol. The molecule has 0 saturated heterocycles. The molecule has 5 heteroatoms. The third-order valence-electron chi connectivity index (χ3n) is 2.58. The number of hydrogen-bond donors (Lipinski definition) is 1. The quantitative estimate of drug-likeness (QED) is 0.894. The number of halogens is 2. The van der Waals surface area contributed by atoms with E-state index < -0.39 is 0 Å². The smallest absolute Gasteiger partial charge is 0.149 e. The van der Waals surface area contributed by atoms with Crippen LogP contribution in [0.1, 0.15) is 24.2 Å². The van der Waals surface area contributed by atoms with Gasteiger partial charge in [0.1, 0.15) is 11.5 Å². The van der Waals surface area contributed by atoms with Crippen LogP contribution in [0.4, 0.5) is 4.39 Å². The van der Waals surface area contributed by atoms with Gasteiger partial charge in [0.2, 0.25) is 0 Å². The van der Waals surface area contributed by atoms with Gasteiger partial charge in [-0.1, -0.05) is 23.7 Å². The van der Waals surface area contributed by atoms with E-state index in [1.54, 1.807) is 32.2 Å². The van der Waals surface area contributed by atoms with Crippen LogP contribution in [-0.2, 0) is 0 Å². The van der Waals surface area contributed by atoms with Crippen molar-refractivity contribution in [1.29, 1.82) is 0 Å². The molecular formula is C12H13ClFN3. The summed E-state index contributed by atoms with van der Waals surface area (Å²) in [5.41, 5.74) is 7.54. The van der Waals surface area contributed by atoms with Gasteiger partial charge in [0.15, 0.2) is 0 Å². The van der Waals surface area contributed by atoms with E-state index in [1.807, 2.05) is 0 Å². The molecule has 0 fully saturated rings. The number of benzene rings is 1. The molecule has 1 atom stereocenters. The molecule has 3 nitrogen and oxygen atoms in total. The van der Waals surface area contributed by atoms with Crippen molar-refractivity contribution in [3.63, 3.8) is 0 Å². The molecule has 0 amide bonds. The summed E-state index contributed by atoms with van der Waals surface area (Å²) in [5, 5.41) is 4.68. The highest BCUT2D eigenvalue weighted by Crippen LogP contribution is 2.25. The lowest BCUT2D eigenvalue weighted by atomic mass is 10.1. The first-order valence-corrected chi connectivity index (χ1v) is 5.64. The van der Waals surface area contributed by atoms with Gasteiger partial charge in [-0.2, -0.15) is 5.10 Å². The molecule has 0 aliphatic rings. The van der Waals surface area contributed by atoms with E-state index >= 15 is 0 Å². The molecular weight excluding hydrogens is 241 g/mol. The molecule has 1 unspecified atom stereocenters. The minimum atomic E-state index is -0.362. The molecule has 1 aromatic heterocycles. The van der Waals surface area contributed by atoms with Gasteiger partial charge in [0.25, 0.3) is 0 Å². The second-order valence-corrected chi connectivity index (χ2v) is 4.38. The lowest BCUT2D eigenvalue weighted by molar-refractivity contribution is 0.602. The number of aryl methyl sites for hydroxylation is 1. The summed E-state index contributed by atoms with van der Waals surface area (Å²) < 4.78 is 15.3. The van der Waals surface area contributed by atoms with E-state index in [-0.39, 0.29) is 11.9 Å². The molecule has 2 N–H and O–H groups in total. The Morgan fingerprint density at radius 2 is 2.18 bits per heavy atom. The van der Waals surface area contributed by atoms with E-state index in [2.05, 4.69) is 5.10 Å². The molecule has 0 aliphatic heterocycles. The van der Waals surface area contributed by atoms with Gasteiger partial charge in [-0.15, -0.1) is 0 Å². The zero-order valence-electron chi connectivity index (χ0n) is 9.61. The summed E-state index contributed by atoms with van der Waals surface area (Å²) in [6, 6.07) is 4.53. The van der Waals surface area contributed by atoms with Crippen LogP contribution < -0.4 is 5.73 Å². The fourth-order valence-corrected chi connectivity index (χ4v) is 1.82. The highest BCUT2D eigenvalue weighted by molar-refractivity contribution is 6.31. The van der Waals surface area contributed by atoms with E-state index in [1.165, 1.54) is 10.7 Å². The fourth-order valence-electron chi connectivity index (χ4n) is 1.69. The number of para-hydroxylation sites is 1. The first-order chi connectivity index (χ1) is 8.00. The van der Waals surface area contributed by atoms with Gasteiger partial charge < -0.3 is 5.73 Å². The van der Waals surface area contributed by atoms with Gasteiger partial charge in [-0.05, 0) is 25.5 Å². The maximum Gasteiger partial charge on any atom is 0.149 e. The average Bonchev–Trinajstić information content (AvgIpc) is 2.58. The van der Waals surface area contributed by atoms with E-state index in [9.17, 15) is 4.39 Å². The van der Waals surface area contributed by atoms with E-state index in [0.29, 0.717) is 22.0 Å². The number of nitrogens with two attached hydrogens (primary N) is 1. The maximum atomic E-state index is 13.9. The molecule has 0 saturated carbocycles. The van der Waals surface area contributed by atoms with Crippen LogP contribution in [0.5, 0.6) is 0 Å². The van der Waals surface area contributed by atoms with Crippen LogP contribution in [0.3, 0.4) is 0 Å². The summed E-state index contributed by atoms with van der Waals surface area (Å²) in [7, 11) is 0. The molecule has 0 aliphatic carbocycles. The molecule has 2 aromatic rings. The van der Waals surface area contributed by atoms with Gasteiger partial charge in [0.05, 0.1) is 10.7 Å². The van der Waals surface area contributed by atoms with Crippen LogP contribution in [0, 0.1) is 12.7 Å². The largest absolute Gasteiger partial charge is 0.324 e. The number of rotatable bonds is 2. The molecule has 0 spiro atoms. The standard InChI is InChI=1S/C12H13ClFN3/c1-7(15)9-4-3-5-11(14)12(9)17-6-10(13)8(2)16-17/h3-7H,15H2,1-2H3. The summed E-state index contributed by atoms with van der Waals surface area (Å²) in [6.45, 7) is 3.57. The third kappa shape index (κ3) is 2.18.